The molecule has 0 amide bonds. The van der Waals surface area contributed by atoms with E-state index in [0.717, 1.165) is 6.42 Å². The van der Waals surface area contributed by atoms with Crippen molar-refractivity contribution in [1.82, 2.24) is 0 Å². The molecule has 0 saturated heterocycles. The predicted molar refractivity (Wildman–Crippen MR) is 116 cm³/mol. The summed E-state index contributed by atoms with van der Waals surface area (Å²) >= 11 is -2.48. The molecule has 0 radical (unpaired) electrons. The van der Waals surface area contributed by atoms with Crippen molar-refractivity contribution in [2.45, 2.75) is 30.8 Å². The molecule has 0 aromatic heterocycles. The first-order valence-electron chi connectivity index (χ1n) is 9.47. The van der Waals surface area contributed by atoms with Crippen LogP contribution in [0.2, 0.25) is 0 Å². The van der Waals surface area contributed by atoms with E-state index in [1.165, 1.54) is 44.2 Å². The molecule has 3 aromatic carbocycles. The van der Waals surface area contributed by atoms with Crippen LogP contribution in [0, 0.1) is 12.8 Å². The molecule has 1 atom stereocenters. The number of aryl methyl sites for hydroxylation is 1. The van der Waals surface area contributed by atoms with Crippen molar-refractivity contribution in [3.05, 3.63) is 76.9 Å². The summed E-state index contributed by atoms with van der Waals surface area (Å²) in [5, 5.41) is 2.59. The van der Waals surface area contributed by atoms with Crippen LogP contribution in [0.1, 0.15) is 40.6 Å². The molecule has 0 heterocycles. The van der Waals surface area contributed by atoms with Crippen molar-refractivity contribution in [2.75, 3.05) is 0 Å². The van der Waals surface area contributed by atoms with Crippen molar-refractivity contribution in [1.29, 1.82) is 0 Å². The molecule has 1 unspecified atom stereocenters. The standard InChI is InChI=1S/C24H23.2ClH.Zr/c1-16(2)13-18-14-20-8-6-10-22(23(20)15-18)24-17(3)11-12-19-7-4-5-9-21(19)24;;;/h4-12,14-16H,13H2,1-3H3;2*1H;/q;;;+2/p-2. The summed E-state index contributed by atoms with van der Waals surface area (Å²) in [6.07, 6.45) is 3.46. The van der Waals surface area contributed by atoms with Crippen molar-refractivity contribution in [2.24, 2.45) is 5.92 Å². The van der Waals surface area contributed by atoms with Crippen LogP contribution >= 0.6 is 17.0 Å². The molecule has 0 spiro atoms. The molecule has 1 aliphatic rings. The maximum absolute atomic E-state index is 6.64. The Hall–Kier alpha value is -0.877. The molecule has 0 nitrogen and oxygen atoms in total. The molecule has 27 heavy (non-hydrogen) atoms. The predicted octanol–water partition coefficient (Wildman–Crippen LogP) is 8.23. The zero-order chi connectivity index (χ0) is 19.1. The van der Waals surface area contributed by atoms with E-state index in [4.69, 9.17) is 17.0 Å². The van der Waals surface area contributed by atoms with Crippen molar-refractivity contribution < 1.29 is 19.4 Å². The molecule has 1 aliphatic carbocycles. The van der Waals surface area contributed by atoms with Gasteiger partial charge in [-0.2, -0.15) is 0 Å². The number of rotatable bonds is 4. The van der Waals surface area contributed by atoms with Crippen LogP contribution in [0.5, 0.6) is 0 Å². The van der Waals surface area contributed by atoms with Crippen molar-refractivity contribution >= 4 is 33.9 Å². The first-order chi connectivity index (χ1) is 13.0. The first kappa shape index (κ1) is 19.4. The summed E-state index contributed by atoms with van der Waals surface area (Å²) < 4.78 is 0.281. The summed E-state index contributed by atoms with van der Waals surface area (Å²) in [5.41, 5.74) is 8.06. The van der Waals surface area contributed by atoms with Crippen LogP contribution in [-0.2, 0) is 19.4 Å². The molecular formula is C24H23Cl2Zr. The monoisotopic (exact) mass is 471 g/mol. The summed E-state index contributed by atoms with van der Waals surface area (Å²) in [5.74, 6) is 0.604. The zero-order valence-electron chi connectivity index (χ0n) is 15.9. The SMILES string of the molecule is Cc1ccc2ccccc2c1-c1cccc2c1C=C(CC(C)C)[CH]2[Zr]([Cl])[Cl]. The Kier molecular flexibility index (Phi) is 5.66. The van der Waals surface area contributed by atoms with Gasteiger partial charge in [-0.15, -0.1) is 0 Å². The summed E-state index contributed by atoms with van der Waals surface area (Å²) in [6.45, 7) is 6.74. The van der Waals surface area contributed by atoms with Crippen LogP contribution in [-0.4, -0.2) is 0 Å². The summed E-state index contributed by atoms with van der Waals surface area (Å²) in [7, 11) is 13.3. The van der Waals surface area contributed by atoms with E-state index in [2.05, 4.69) is 81.4 Å². The fraction of sp³-hybridized carbons (Fsp3) is 0.250. The van der Waals surface area contributed by atoms with Crippen molar-refractivity contribution in [3.63, 3.8) is 0 Å². The van der Waals surface area contributed by atoms with Gasteiger partial charge < -0.3 is 0 Å². The first-order valence-corrected chi connectivity index (χ1v) is 17.2. The number of benzene rings is 3. The molecule has 3 heteroatoms. The van der Waals surface area contributed by atoms with Gasteiger partial charge in [-0.1, -0.05) is 0 Å². The van der Waals surface area contributed by atoms with Gasteiger partial charge in [0.05, 0.1) is 0 Å². The molecule has 0 N–H and O–H groups in total. The molecule has 3 aromatic rings. The average molecular weight is 474 g/mol. The molecule has 4 rings (SSSR count). The minimum absolute atomic E-state index is 0.281. The Morgan fingerprint density at radius 1 is 0.963 bits per heavy atom. The Bertz CT molecular complexity index is 1030. The van der Waals surface area contributed by atoms with Crippen LogP contribution in [0.3, 0.4) is 0 Å². The third kappa shape index (κ3) is 3.60. The number of halogens is 2. The van der Waals surface area contributed by atoms with Gasteiger partial charge in [-0.05, 0) is 0 Å². The van der Waals surface area contributed by atoms with E-state index in [1.807, 2.05) is 0 Å². The molecule has 0 saturated carbocycles. The van der Waals surface area contributed by atoms with Crippen LogP contribution in [0.15, 0.2) is 60.2 Å². The van der Waals surface area contributed by atoms with Gasteiger partial charge in [0.1, 0.15) is 0 Å². The zero-order valence-corrected chi connectivity index (χ0v) is 19.9. The molecular weight excluding hydrogens is 450 g/mol. The Labute approximate surface area is 177 Å². The van der Waals surface area contributed by atoms with Gasteiger partial charge in [-0.25, -0.2) is 0 Å². The number of hydrogen-bond donors (Lipinski definition) is 0. The van der Waals surface area contributed by atoms with Crippen LogP contribution in [0.25, 0.3) is 28.0 Å². The third-order valence-electron chi connectivity index (χ3n) is 5.42. The molecule has 0 aliphatic heterocycles. The van der Waals surface area contributed by atoms with Gasteiger partial charge in [0.2, 0.25) is 0 Å². The molecule has 137 valence electrons. The topological polar surface area (TPSA) is 0 Å². The van der Waals surface area contributed by atoms with Crippen LogP contribution < -0.4 is 0 Å². The summed E-state index contributed by atoms with van der Waals surface area (Å²) in [6, 6.07) is 19.8. The molecule has 0 bridgehead atoms. The Morgan fingerprint density at radius 2 is 1.74 bits per heavy atom. The second-order valence-corrected chi connectivity index (χ2v) is 16.6. The average Bonchev–Trinajstić information content (AvgIpc) is 2.99. The fourth-order valence-electron chi connectivity index (χ4n) is 4.33. The third-order valence-corrected chi connectivity index (χ3v) is 10.8. The van der Waals surface area contributed by atoms with Crippen molar-refractivity contribution in [3.8, 4) is 11.1 Å². The van der Waals surface area contributed by atoms with E-state index in [-0.39, 0.29) is 3.63 Å². The Balaban J connectivity index is 1.97. The van der Waals surface area contributed by atoms with Gasteiger partial charge in [0.25, 0.3) is 0 Å². The quantitative estimate of drug-likeness (QED) is 0.358. The minimum atomic E-state index is -2.48. The van der Waals surface area contributed by atoms with Gasteiger partial charge in [0, 0.05) is 0 Å². The Morgan fingerprint density at radius 3 is 2.48 bits per heavy atom. The van der Waals surface area contributed by atoms with Gasteiger partial charge in [0.15, 0.2) is 0 Å². The number of fused-ring (bicyclic) bond motifs is 2. The summed E-state index contributed by atoms with van der Waals surface area (Å²) in [4.78, 5) is 0. The van der Waals surface area contributed by atoms with Gasteiger partial charge in [-0.3, -0.25) is 0 Å². The van der Waals surface area contributed by atoms with E-state index in [1.54, 1.807) is 0 Å². The maximum atomic E-state index is 6.64. The second-order valence-electron chi connectivity index (χ2n) is 7.83. The number of hydrogen-bond acceptors (Lipinski definition) is 0. The van der Waals surface area contributed by atoms with E-state index in [0.29, 0.717) is 5.92 Å². The van der Waals surface area contributed by atoms with E-state index >= 15 is 0 Å². The van der Waals surface area contributed by atoms with Gasteiger partial charge >= 0.3 is 178 Å². The second kappa shape index (κ2) is 7.86. The van der Waals surface area contributed by atoms with Crippen LogP contribution in [0.4, 0.5) is 0 Å². The van der Waals surface area contributed by atoms with E-state index in [9.17, 15) is 0 Å². The number of allylic oxidation sites excluding steroid dienone is 1. The molecule has 0 fully saturated rings. The fourth-order valence-corrected chi connectivity index (χ4v) is 9.76. The van der Waals surface area contributed by atoms with E-state index < -0.39 is 19.4 Å². The normalized spacial score (nSPS) is 15.9.